The monoisotopic (exact) mass is 244 g/mol. The number of unbranched alkanes of at least 4 members (excludes halogenated alkanes) is 1. The first kappa shape index (κ1) is 12.7. The van der Waals surface area contributed by atoms with E-state index in [2.05, 4.69) is 12.0 Å². The maximum absolute atomic E-state index is 10.3. The smallest absolute Gasteiger partial charge is 0.164 e. The van der Waals surface area contributed by atoms with Crippen molar-refractivity contribution in [2.24, 2.45) is 0 Å². The van der Waals surface area contributed by atoms with Gasteiger partial charge in [0.2, 0.25) is 0 Å². The molecule has 1 heterocycles. The van der Waals surface area contributed by atoms with Crippen molar-refractivity contribution in [1.29, 1.82) is 0 Å². The minimum atomic E-state index is 0.333. The van der Waals surface area contributed by atoms with Crippen molar-refractivity contribution in [3.63, 3.8) is 0 Å². The van der Waals surface area contributed by atoms with E-state index in [-0.39, 0.29) is 0 Å². The third-order valence-corrected chi connectivity index (χ3v) is 3.10. The van der Waals surface area contributed by atoms with Crippen LogP contribution >= 0.6 is 0 Å². The third kappa shape index (κ3) is 2.40. The second-order valence-electron chi connectivity index (χ2n) is 4.44. The Balaban J connectivity index is 2.46. The van der Waals surface area contributed by atoms with Gasteiger partial charge in [0.05, 0.1) is 0 Å². The predicted molar refractivity (Wildman–Crippen MR) is 73.6 cm³/mol. The van der Waals surface area contributed by atoms with Crippen LogP contribution in [0.25, 0.3) is 11.3 Å². The van der Waals surface area contributed by atoms with Crippen molar-refractivity contribution >= 4 is 0 Å². The Kier molecular flexibility index (Phi) is 4.03. The summed E-state index contributed by atoms with van der Waals surface area (Å²) in [5.74, 6) is 0.333. The van der Waals surface area contributed by atoms with Crippen LogP contribution in [0.3, 0.4) is 0 Å². The van der Waals surface area contributed by atoms with E-state index in [1.165, 1.54) is 0 Å². The number of nitrogens with zero attached hydrogens (tertiary/aromatic N) is 2. The van der Waals surface area contributed by atoms with Crippen LogP contribution in [0.2, 0.25) is 0 Å². The van der Waals surface area contributed by atoms with E-state index in [0.29, 0.717) is 5.75 Å². The number of hydrogen-bond acceptors (Lipinski definition) is 2. The lowest BCUT2D eigenvalue weighted by molar-refractivity contribution is 0.470. The first-order valence-corrected chi connectivity index (χ1v) is 6.62. The Labute approximate surface area is 108 Å². The summed E-state index contributed by atoms with van der Waals surface area (Å²) < 4.78 is 1.94. The average molecular weight is 244 g/mol. The Morgan fingerprint density at radius 3 is 2.50 bits per heavy atom. The Hall–Kier alpha value is -1.77. The van der Waals surface area contributed by atoms with E-state index in [4.69, 9.17) is 0 Å². The SMILES string of the molecule is CCCCn1nc(CC)c(O)c1-c1ccccc1. The maximum Gasteiger partial charge on any atom is 0.164 e. The molecule has 0 spiro atoms. The van der Waals surface area contributed by atoms with Crippen LogP contribution in [-0.4, -0.2) is 14.9 Å². The number of rotatable bonds is 5. The summed E-state index contributed by atoms with van der Waals surface area (Å²) in [6, 6.07) is 9.97. The second kappa shape index (κ2) is 5.71. The van der Waals surface area contributed by atoms with Crippen LogP contribution in [-0.2, 0) is 13.0 Å². The molecule has 0 fully saturated rings. The van der Waals surface area contributed by atoms with Gasteiger partial charge in [-0.05, 0) is 12.8 Å². The van der Waals surface area contributed by atoms with Crippen LogP contribution in [0.4, 0.5) is 0 Å². The Bertz CT molecular complexity index is 503. The molecule has 0 amide bonds. The van der Waals surface area contributed by atoms with E-state index in [9.17, 15) is 5.11 Å². The molecule has 1 aromatic heterocycles. The van der Waals surface area contributed by atoms with E-state index < -0.39 is 0 Å². The molecule has 0 bridgehead atoms. The molecule has 0 atom stereocenters. The molecular formula is C15H20N2O. The van der Waals surface area contributed by atoms with Crippen molar-refractivity contribution in [1.82, 2.24) is 9.78 Å². The molecule has 0 radical (unpaired) electrons. The summed E-state index contributed by atoms with van der Waals surface area (Å²) in [4.78, 5) is 0. The van der Waals surface area contributed by atoms with Gasteiger partial charge in [-0.25, -0.2) is 0 Å². The van der Waals surface area contributed by atoms with Crippen LogP contribution in [0.15, 0.2) is 30.3 Å². The second-order valence-corrected chi connectivity index (χ2v) is 4.44. The first-order valence-electron chi connectivity index (χ1n) is 6.62. The lowest BCUT2D eigenvalue weighted by atomic mass is 10.1. The summed E-state index contributed by atoms with van der Waals surface area (Å²) in [5, 5.41) is 14.8. The quantitative estimate of drug-likeness (QED) is 0.872. The van der Waals surface area contributed by atoms with Gasteiger partial charge in [0.1, 0.15) is 11.4 Å². The minimum Gasteiger partial charge on any atom is -0.504 e. The zero-order valence-electron chi connectivity index (χ0n) is 11.1. The van der Waals surface area contributed by atoms with E-state index in [1.807, 2.05) is 41.9 Å². The lowest BCUT2D eigenvalue weighted by Crippen LogP contribution is -2.02. The van der Waals surface area contributed by atoms with Crippen molar-refractivity contribution in [3.05, 3.63) is 36.0 Å². The topological polar surface area (TPSA) is 38.0 Å². The van der Waals surface area contributed by atoms with Gasteiger partial charge in [-0.3, -0.25) is 4.68 Å². The summed E-state index contributed by atoms with van der Waals surface area (Å²) in [5.41, 5.74) is 2.66. The van der Waals surface area contributed by atoms with Gasteiger partial charge < -0.3 is 5.11 Å². The molecule has 1 N–H and O–H groups in total. The van der Waals surface area contributed by atoms with E-state index in [0.717, 1.165) is 42.8 Å². The molecule has 0 aliphatic heterocycles. The normalized spacial score (nSPS) is 10.8. The summed E-state index contributed by atoms with van der Waals surface area (Å²) in [6.45, 7) is 5.03. The van der Waals surface area contributed by atoms with Crippen LogP contribution < -0.4 is 0 Å². The predicted octanol–water partition coefficient (Wildman–Crippen LogP) is 3.62. The van der Waals surface area contributed by atoms with Crippen LogP contribution in [0.5, 0.6) is 5.75 Å². The zero-order valence-corrected chi connectivity index (χ0v) is 11.1. The van der Waals surface area contributed by atoms with Crippen molar-refractivity contribution in [3.8, 4) is 17.0 Å². The zero-order chi connectivity index (χ0) is 13.0. The fraction of sp³-hybridized carbons (Fsp3) is 0.400. The van der Waals surface area contributed by atoms with E-state index in [1.54, 1.807) is 0 Å². The van der Waals surface area contributed by atoms with Crippen molar-refractivity contribution in [2.75, 3.05) is 0 Å². The van der Waals surface area contributed by atoms with Gasteiger partial charge >= 0.3 is 0 Å². The average Bonchev–Trinajstić information content (AvgIpc) is 2.73. The Morgan fingerprint density at radius 1 is 1.17 bits per heavy atom. The molecule has 2 rings (SSSR count). The van der Waals surface area contributed by atoms with Gasteiger partial charge in [-0.15, -0.1) is 0 Å². The van der Waals surface area contributed by atoms with Gasteiger partial charge in [0.25, 0.3) is 0 Å². The highest BCUT2D eigenvalue weighted by atomic mass is 16.3. The molecule has 18 heavy (non-hydrogen) atoms. The molecule has 1 aromatic carbocycles. The third-order valence-electron chi connectivity index (χ3n) is 3.10. The largest absolute Gasteiger partial charge is 0.504 e. The first-order chi connectivity index (χ1) is 8.77. The fourth-order valence-corrected chi connectivity index (χ4v) is 2.09. The summed E-state index contributed by atoms with van der Waals surface area (Å²) in [6.07, 6.45) is 2.95. The molecule has 3 heteroatoms. The fourth-order valence-electron chi connectivity index (χ4n) is 2.09. The standard InChI is InChI=1S/C15H20N2O/c1-3-5-11-17-14(12-9-7-6-8-10-12)15(18)13(4-2)16-17/h6-10,18H,3-5,11H2,1-2H3. The number of hydrogen-bond donors (Lipinski definition) is 1. The maximum atomic E-state index is 10.3. The molecule has 0 aliphatic carbocycles. The van der Waals surface area contributed by atoms with Gasteiger partial charge in [0, 0.05) is 12.1 Å². The summed E-state index contributed by atoms with van der Waals surface area (Å²) >= 11 is 0. The van der Waals surface area contributed by atoms with Gasteiger partial charge in [0.15, 0.2) is 5.75 Å². The van der Waals surface area contributed by atoms with Gasteiger partial charge in [-0.2, -0.15) is 5.10 Å². The van der Waals surface area contributed by atoms with Crippen molar-refractivity contribution in [2.45, 2.75) is 39.7 Å². The van der Waals surface area contributed by atoms with Crippen LogP contribution in [0, 0.1) is 0 Å². The lowest BCUT2D eigenvalue weighted by Gasteiger charge is -2.06. The molecule has 0 saturated heterocycles. The molecular weight excluding hydrogens is 224 g/mol. The van der Waals surface area contributed by atoms with Crippen LogP contribution in [0.1, 0.15) is 32.4 Å². The number of aryl methyl sites for hydroxylation is 2. The highest BCUT2D eigenvalue weighted by Gasteiger charge is 2.16. The van der Waals surface area contributed by atoms with Gasteiger partial charge in [-0.1, -0.05) is 50.6 Å². The summed E-state index contributed by atoms with van der Waals surface area (Å²) in [7, 11) is 0. The van der Waals surface area contributed by atoms with E-state index >= 15 is 0 Å². The number of aromatic nitrogens is 2. The molecule has 2 aromatic rings. The molecule has 0 saturated carbocycles. The molecule has 0 aliphatic rings. The molecule has 96 valence electrons. The Morgan fingerprint density at radius 2 is 1.89 bits per heavy atom. The highest BCUT2D eigenvalue weighted by Crippen LogP contribution is 2.32. The minimum absolute atomic E-state index is 0.333. The number of benzene rings is 1. The molecule has 0 unspecified atom stereocenters. The van der Waals surface area contributed by atoms with Crippen molar-refractivity contribution < 1.29 is 5.11 Å². The number of aromatic hydroxyl groups is 1. The molecule has 3 nitrogen and oxygen atoms in total. The highest BCUT2D eigenvalue weighted by molar-refractivity contribution is 5.67.